The molecule has 5 heteroatoms. The van der Waals surface area contributed by atoms with E-state index in [1.807, 2.05) is 19.0 Å². The number of aliphatic hydroxyl groups excluding tert-OH is 1. The summed E-state index contributed by atoms with van der Waals surface area (Å²) in [5, 5.41) is 21.2. The number of rotatable bonds is 7. The second kappa shape index (κ2) is 8.21. The Morgan fingerprint density at radius 1 is 1.16 bits per heavy atom. The highest BCUT2D eigenvalue weighted by Crippen LogP contribution is 2.37. The van der Waals surface area contributed by atoms with Crippen LogP contribution in [0.5, 0.6) is 0 Å². The number of halogens is 1. The van der Waals surface area contributed by atoms with Crippen molar-refractivity contribution < 1.29 is 14.6 Å². The first kappa shape index (κ1) is 19.1. The van der Waals surface area contributed by atoms with Gasteiger partial charge in [-0.05, 0) is 62.3 Å². The molecule has 0 radical (unpaired) electrons. The highest BCUT2D eigenvalue weighted by atomic mass is 19.1. The molecule has 2 N–H and O–H groups in total. The van der Waals surface area contributed by atoms with Crippen LogP contribution < -0.4 is 0 Å². The average molecular weight is 342 g/mol. The Morgan fingerprint density at radius 2 is 1.84 bits per heavy atom. The molecule has 1 unspecified atom stereocenters. The van der Waals surface area contributed by atoms with Crippen molar-refractivity contribution in [1.82, 2.24) is 4.90 Å². The predicted octanol–water partition coefficient (Wildman–Crippen LogP) is 3.45. The zero-order chi connectivity index (χ0) is 18.4. The Balaban J connectivity index is 2.51. The normalized spacial score (nSPS) is 13.5. The lowest BCUT2D eigenvalue weighted by molar-refractivity contribution is 0.0641. The summed E-state index contributed by atoms with van der Waals surface area (Å²) >= 11 is 0. The molecule has 2 aromatic rings. The van der Waals surface area contributed by atoms with Gasteiger partial charge in [0.2, 0.25) is 0 Å². The molecule has 2 rings (SSSR count). The molecular weight excluding hydrogens is 319 g/mol. The lowest BCUT2D eigenvalue weighted by atomic mass is 9.80. The molecule has 0 fully saturated rings. The maximum absolute atomic E-state index is 13.3. The van der Waals surface area contributed by atoms with Crippen molar-refractivity contribution in [1.29, 1.82) is 0 Å². The molecular formula is C20H23FN2O2. The van der Waals surface area contributed by atoms with Crippen LogP contribution in [0, 0.1) is 12.4 Å². The van der Waals surface area contributed by atoms with Crippen LogP contribution in [0.3, 0.4) is 0 Å². The summed E-state index contributed by atoms with van der Waals surface area (Å²) < 4.78 is 13.3. The number of hydrogen-bond acceptors (Lipinski definition) is 3. The third-order valence-electron chi connectivity index (χ3n) is 4.30. The van der Waals surface area contributed by atoms with Crippen molar-refractivity contribution in [3.63, 3.8) is 0 Å². The van der Waals surface area contributed by atoms with Crippen molar-refractivity contribution in [2.24, 2.45) is 0 Å². The summed E-state index contributed by atoms with van der Waals surface area (Å²) in [6.45, 7) is 7.63. The second-order valence-corrected chi connectivity index (χ2v) is 6.39. The molecule has 0 spiro atoms. The van der Waals surface area contributed by atoms with Crippen molar-refractivity contribution in [3.05, 3.63) is 76.4 Å². The van der Waals surface area contributed by atoms with Gasteiger partial charge in [-0.2, -0.15) is 0 Å². The summed E-state index contributed by atoms with van der Waals surface area (Å²) in [6, 6.07) is 10.7. The number of aliphatic hydroxyl groups is 2. The largest absolute Gasteiger partial charge is 0.392 e. The maximum atomic E-state index is 13.3. The predicted molar refractivity (Wildman–Crippen MR) is 95.8 cm³/mol. The molecule has 0 amide bonds. The molecule has 25 heavy (non-hydrogen) atoms. The number of nitrogens with zero attached hydrogens (tertiary/aromatic N) is 2. The number of hydrogen-bond donors (Lipinski definition) is 2. The van der Waals surface area contributed by atoms with Gasteiger partial charge < -0.3 is 15.1 Å². The van der Waals surface area contributed by atoms with Crippen molar-refractivity contribution in [3.8, 4) is 0 Å². The van der Waals surface area contributed by atoms with E-state index in [1.165, 1.54) is 12.1 Å². The first-order valence-corrected chi connectivity index (χ1v) is 8.15. The van der Waals surface area contributed by atoms with E-state index in [0.29, 0.717) is 28.8 Å². The van der Waals surface area contributed by atoms with E-state index in [4.69, 9.17) is 6.57 Å². The van der Waals surface area contributed by atoms with Gasteiger partial charge in [0, 0.05) is 0 Å². The van der Waals surface area contributed by atoms with E-state index < -0.39 is 5.60 Å². The van der Waals surface area contributed by atoms with Crippen LogP contribution in [0.1, 0.15) is 29.5 Å². The van der Waals surface area contributed by atoms with Gasteiger partial charge in [-0.3, -0.25) is 0 Å². The van der Waals surface area contributed by atoms with Gasteiger partial charge in [0.25, 0.3) is 0 Å². The van der Waals surface area contributed by atoms with Crippen molar-refractivity contribution >= 4 is 5.69 Å². The van der Waals surface area contributed by atoms with Gasteiger partial charge in [-0.1, -0.05) is 30.3 Å². The second-order valence-electron chi connectivity index (χ2n) is 6.39. The molecule has 0 aliphatic rings. The van der Waals surface area contributed by atoms with Crippen LogP contribution in [0.15, 0.2) is 42.5 Å². The van der Waals surface area contributed by atoms with Crippen LogP contribution >= 0.6 is 0 Å². The molecule has 132 valence electrons. The minimum absolute atomic E-state index is 0.282. The Labute approximate surface area is 148 Å². The fourth-order valence-corrected chi connectivity index (χ4v) is 3.00. The van der Waals surface area contributed by atoms with Crippen LogP contribution in [-0.2, 0) is 12.2 Å². The molecule has 0 aliphatic heterocycles. The summed E-state index contributed by atoms with van der Waals surface area (Å²) in [5.41, 5.74) is 0.668. The first-order valence-electron chi connectivity index (χ1n) is 8.15. The van der Waals surface area contributed by atoms with Gasteiger partial charge in [-0.15, -0.1) is 0 Å². The molecule has 0 aromatic heterocycles. The Kier molecular flexibility index (Phi) is 6.27. The molecule has 0 saturated carbocycles. The van der Waals surface area contributed by atoms with E-state index in [0.717, 1.165) is 13.0 Å². The average Bonchev–Trinajstić information content (AvgIpc) is 2.61. The lowest BCUT2D eigenvalue weighted by Gasteiger charge is -2.32. The van der Waals surface area contributed by atoms with Crippen molar-refractivity contribution in [2.75, 3.05) is 20.6 Å². The molecule has 2 aromatic carbocycles. The summed E-state index contributed by atoms with van der Waals surface area (Å²) in [7, 11) is 3.92. The summed E-state index contributed by atoms with van der Waals surface area (Å²) in [5.74, 6) is -0.370. The monoisotopic (exact) mass is 342 g/mol. The van der Waals surface area contributed by atoms with E-state index in [2.05, 4.69) is 4.85 Å². The lowest BCUT2D eigenvalue weighted by Crippen LogP contribution is -2.30. The van der Waals surface area contributed by atoms with Crippen LogP contribution in [0.4, 0.5) is 10.1 Å². The first-order chi connectivity index (χ1) is 11.9. The van der Waals surface area contributed by atoms with E-state index in [1.54, 1.807) is 30.3 Å². The van der Waals surface area contributed by atoms with Crippen LogP contribution in [0.25, 0.3) is 4.85 Å². The quantitative estimate of drug-likeness (QED) is 0.758. The molecule has 0 aliphatic carbocycles. The summed E-state index contributed by atoms with van der Waals surface area (Å²) in [4.78, 5) is 5.40. The van der Waals surface area contributed by atoms with Gasteiger partial charge in [0.05, 0.1) is 13.2 Å². The fraction of sp³-hybridized carbons (Fsp3) is 0.350. The zero-order valence-corrected chi connectivity index (χ0v) is 14.5. The standard InChI is InChI=1S/C20H23FN2O2/c1-22-18-9-10-19(15(13-18)14-24)20(25,11-4-12-23(2)3)16-5-7-17(21)8-6-16/h5-10,13,24-25H,4,11-12,14H2,2-3H3. The van der Waals surface area contributed by atoms with Crippen molar-refractivity contribution in [2.45, 2.75) is 25.0 Å². The third-order valence-corrected chi connectivity index (χ3v) is 4.30. The van der Waals surface area contributed by atoms with Gasteiger partial charge in [0.1, 0.15) is 11.4 Å². The molecule has 4 nitrogen and oxygen atoms in total. The van der Waals surface area contributed by atoms with Gasteiger partial charge in [-0.25, -0.2) is 9.24 Å². The third kappa shape index (κ3) is 4.43. The Morgan fingerprint density at radius 3 is 2.40 bits per heavy atom. The van der Waals surface area contributed by atoms with E-state index in [-0.39, 0.29) is 12.4 Å². The van der Waals surface area contributed by atoms with Crippen LogP contribution in [-0.4, -0.2) is 35.8 Å². The highest BCUT2D eigenvalue weighted by Gasteiger charge is 2.33. The smallest absolute Gasteiger partial charge is 0.187 e. The molecule has 0 heterocycles. The van der Waals surface area contributed by atoms with Crippen LogP contribution in [0.2, 0.25) is 0 Å². The highest BCUT2D eigenvalue weighted by molar-refractivity contribution is 5.52. The van der Waals surface area contributed by atoms with Gasteiger partial charge >= 0.3 is 0 Å². The van der Waals surface area contributed by atoms with Gasteiger partial charge in [0.15, 0.2) is 5.69 Å². The maximum Gasteiger partial charge on any atom is 0.187 e. The fourth-order valence-electron chi connectivity index (χ4n) is 3.00. The summed E-state index contributed by atoms with van der Waals surface area (Å²) in [6.07, 6.45) is 1.14. The van der Waals surface area contributed by atoms with E-state index >= 15 is 0 Å². The number of benzene rings is 2. The minimum Gasteiger partial charge on any atom is -0.392 e. The minimum atomic E-state index is -1.36. The molecule has 0 saturated heterocycles. The van der Waals surface area contributed by atoms with E-state index in [9.17, 15) is 14.6 Å². The Bertz CT molecular complexity index is 753. The molecule has 0 bridgehead atoms. The Hall–Kier alpha value is -2.26. The topological polar surface area (TPSA) is 48.1 Å². The zero-order valence-electron chi connectivity index (χ0n) is 14.5. The SMILES string of the molecule is [C-]#[N+]c1ccc(C(O)(CCCN(C)C)c2ccc(F)cc2)c(CO)c1. The molecule has 1 atom stereocenters.